The number of piperidine rings is 1. The maximum absolute atomic E-state index is 12.0. The molecule has 0 aliphatic carbocycles. The highest BCUT2D eigenvalue weighted by Gasteiger charge is 2.25. The predicted octanol–water partition coefficient (Wildman–Crippen LogP) is 0.809. The molecular weight excluding hydrogens is 301 g/mol. The highest BCUT2D eigenvalue weighted by molar-refractivity contribution is 5.85. The molecule has 5 nitrogen and oxygen atoms in total. The SMILES string of the molecule is CCCN1CCC(NC(=O)C2COCCN2)CC1.Cl.Cl. The monoisotopic (exact) mass is 327 g/mol. The number of carbonyl (C=O) groups excluding carboxylic acids is 1. The number of ether oxygens (including phenoxy) is 1. The minimum absolute atomic E-state index is 0. The van der Waals surface area contributed by atoms with E-state index in [1.54, 1.807) is 0 Å². The van der Waals surface area contributed by atoms with Crippen molar-refractivity contribution in [2.45, 2.75) is 38.3 Å². The minimum atomic E-state index is -0.160. The molecule has 0 saturated carbocycles. The molecule has 0 aromatic carbocycles. The number of hydrogen-bond donors (Lipinski definition) is 2. The van der Waals surface area contributed by atoms with Gasteiger partial charge in [0.05, 0.1) is 13.2 Å². The van der Waals surface area contributed by atoms with Crippen molar-refractivity contribution >= 4 is 30.7 Å². The van der Waals surface area contributed by atoms with E-state index in [-0.39, 0.29) is 36.8 Å². The average molecular weight is 328 g/mol. The van der Waals surface area contributed by atoms with Crippen LogP contribution in [0.4, 0.5) is 0 Å². The van der Waals surface area contributed by atoms with Gasteiger partial charge in [-0.05, 0) is 25.8 Å². The lowest BCUT2D eigenvalue weighted by Gasteiger charge is -2.33. The van der Waals surface area contributed by atoms with E-state index >= 15 is 0 Å². The highest BCUT2D eigenvalue weighted by atomic mass is 35.5. The third kappa shape index (κ3) is 6.14. The van der Waals surface area contributed by atoms with Crippen molar-refractivity contribution in [2.24, 2.45) is 0 Å². The molecule has 2 aliphatic rings. The summed E-state index contributed by atoms with van der Waals surface area (Å²) in [4.78, 5) is 14.5. The Morgan fingerprint density at radius 1 is 1.35 bits per heavy atom. The van der Waals surface area contributed by atoms with E-state index in [9.17, 15) is 4.79 Å². The first kappa shape index (κ1) is 19.9. The van der Waals surface area contributed by atoms with Gasteiger partial charge in [-0.25, -0.2) is 0 Å². The molecule has 0 radical (unpaired) electrons. The first-order valence-corrected chi connectivity index (χ1v) is 7.13. The summed E-state index contributed by atoms with van der Waals surface area (Å²) in [6.45, 7) is 7.58. The predicted molar refractivity (Wildman–Crippen MR) is 85.0 cm³/mol. The van der Waals surface area contributed by atoms with Gasteiger partial charge in [-0.2, -0.15) is 0 Å². The van der Waals surface area contributed by atoms with Crippen LogP contribution in [0.15, 0.2) is 0 Å². The van der Waals surface area contributed by atoms with Crippen molar-refractivity contribution in [3.63, 3.8) is 0 Å². The summed E-state index contributed by atoms with van der Waals surface area (Å²) in [6, 6.07) is 0.182. The Bertz CT molecular complexity index is 268. The van der Waals surface area contributed by atoms with Crippen LogP contribution >= 0.6 is 24.8 Å². The number of hydrogen-bond acceptors (Lipinski definition) is 4. The van der Waals surface area contributed by atoms with Crippen LogP contribution < -0.4 is 10.6 Å². The summed E-state index contributed by atoms with van der Waals surface area (Å²) in [5.41, 5.74) is 0. The molecule has 7 heteroatoms. The first-order valence-electron chi connectivity index (χ1n) is 7.13. The molecule has 1 atom stereocenters. The fourth-order valence-corrected chi connectivity index (χ4v) is 2.65. The molecule has 1 amide bonds. The molecule has 120 valence electrons. The fraction of sp³-hybridized carbons (Fsp3) is 0.923. The molecule has 2 aliphatic heterocycles. The molecule has 0 bridgehead atoms. The third-order valence-corrected chi connectivity index (χ3v) is 3.71. The van der Waals surface area contributed by atoms with Crippen LogP contribution in [0, 0.1) is 0 Å². The second kappa shape index (κ2) is 10.6. The van der Waals surface area contributed by atoms with E-state index in [4.69, 9.17) is 4.74 Å². The summed E-state index contributed by atoms with van der Waals surface area (Å²) in [7, 11) is 0. The van der Waals surface area contributed by atoms with Gasteiger partial charge < -0.3 is 20.3 Å². The van der Waals surface area contributed by atoms with Gasteiger partial charge in [0, 0.05) is 25.7 Å². The van der Waals surface area contributed by atoms with E-state index < -0.39 is 0 Å². The standard InChI is InChI=1S/C13H25N3O2.2ClH/c1-2-6-16-7-3-11(4-8-16)15-13(17)12-10-18-9-5-14-12;;/h11-12,14H,2-10H2,1H3,(H,15,17);2*1H. The minimum Gasteiger partial charge on any atom is -0.378 e. The van der Waals surface area contributed by atoms with Crippen molar-refractivity contribution in [3.8, 4) is 0 Å². The van der Waals surface area contributed by atoms with Crippen LogP contribution in [-0.4, -0.2) is 62.3 Å². The van der Waals surface area contributed by atoms with E-state index in [0.29, 0.717) is 19.3 Å². The van der Waals surface area contributed by atoms with Crippen LogP contribution in [0.2, 0.25) is 0 Å². The van der Waals surface area contributed by atoms with Crippen molar-refractivity contribution in [3.05, 3.63) is 0 Å². The molecule has 2 rings (SSSR count). The van der Waals surface area contributed by atoms with E-state index in [0.717, 1.165) is 32.5 Å². The smallest absolute Gasteiger partial charge is 0.239 e. The summed E-state index contributed by atoms with van der Waals surface area (Å²) in [6.07, 6.45) is 3.35. The zero-order valence-corrected chi connectivity index (χ0v) is 13.7. The summed E-state index contributed by atoms with van der Waals surface area (Å²) in [5.74, 6) is 0.101. The van der Waals surface area contributed by atoms with Gasteiger partial charge in [0.1, 0.15) is 6.04 Å². The van der Waals surface area contributed by atoms with Gasteiger partial charge in [0.2, 0.25) is 5.91 Å². The van der Waals surface area contributed by atoms with Crippen molar-refractivity contribution in [2.75, 3.05) is 39.4 Å². The molecule has 0 aromatic heterocycles. The molecule has 2 heterocycles. The average Bonchev–Trinajstić information content (AvgIpc) is 2.42. The zero-order valence-electron chi connectivity index (χ0n) is 12.1. The van der Waals surface area contributed by atoms with Crippen LogP contribution in [0.3, 0.4) is 0 Å². The fourth-order valence-electron chi connectivity index (χ4n) is 2.65. The lowest BCUT2D eigenvalue weighted by molar-refractivity contribution is -0.126. The number of morpholine rings is 1. The van der Waals surface area contributed by atoms with Gasteiger partial charge in [-0.1, -0.05) is 6.92 Å². The molecule has 0 spiro atoms. The Morgan fingerprint density at radius 2 is 2.05 bits per heavy atom. The van der Waals surface area contributed by atoms with Crippen LogP contribution in [0.5, 0.6) is 0 Å². The lowest BCUT2D eigenvalue weighted by Crippen LogP contribution is -2.54. The number of nitrogens with one attached hydrogen (secondary N) is 2. The Labute approximate surface area is 134 Å². The van der Waals surface area contributed by atoms with Gasteiger partial charge in [0.15, 0.2) is 0 Å². The Morgan fingerprint density at radius 3 is 2.60 bits per heavy atom. The quantitative estimate of drug-likeness (QED) is 0.802. The number of amides is 1. The molecular formula is C13H27Cl2N3O2. The Hall–Kier alpha value is -0.0700. The van der Waals surface area contributed by atoms with E-state index in [1.807, 2.05) is 0 Å². The normalized spacial score (nSPS) is 24.4. The van der Waals surface area contributed by atoms with Crippen LogP contribution in [-0.2, 0) is 9.53 Å². The molecule has 0 aromatic rings. The summed E-state index contributed by atoms with van der Waals surface area (Å²) < 4.78 is 5.31. The van der Waals surface area contributed by atoms with Crippen molar-refractivity contribution in [1.29, 1.82) is 0 Å². The maximum Gasteiger partial charge on any atom is 0.239 e. The van der Waals surface area contributed by atoms with Gasteiger partial charge in [-0.3, -0.25) is 4.79 Å². The Kier molecular flexibility index (Phi) is 10.6. The number of likely N-dealkylation sites (tertiary alicyclic amines) is 1. The van der Waals surface area contributed by atoms with E-state index in [1.165, 1.54) is 13.0 Å². The zero-order chi connectivity index (χ0) is 12.8. The summed E-state index contributed by atoms with van der Waals surface area (Å²) >= 11 is 0. The topological polar surface area (TPSA) is 53.6 Å². The molecule has 2 fully saturated rings. The molecule has 2 saturated heterocycles. The van der Waals surface area contributed by atoms with Gasteiger partial charge in [-0.15, -0.1) is 24.8 Å². The number of nitrogens with zero attached hydrogens (tertiary/aromatic N) is 1. The van der Waals surface area contributed by atoms with Crippen LogP contribution in [0.1, 0.15) is 26.2 Å². The van der Waals surface area contributed by atoms with Crippen molar-refractivity contribution < 1.29 is 9.53 Å². The second-order valence-electron chi connectivity index (χ2n) is 5.21. The molecule has 2 N–H and O–H groups in total. The largest absolute Gasteiger partial charge is 0.378 e. The van der Waals surface area contributed by atoms with Gasteiger partial charge >= 0.3 is 0 Å². The van der Waals surface area contributed by atoms with Crippen molar-refractivity contribution in [1.82, 2.24) is 15.5 Å². The lowest BCUT2D eigenvalue weighted by atomic mass is 10.0. The third-order valence-electron chi connectivity index (χ3n) is 3.71. The number of carbonyl (C=O) groups is 1. The van der Waals surface area contributed by atoms with E-state index in [2.05, 4.69) is 22.5 Å². The second-order valence-corrected chi connectivity index (χ2v) is 5.21. The highest BCUT2D eigenvalue weighted by Crippen LogP contribution is 2.10. The molecule has 1 unspecified atom stereocenters. The number of halogens is 2. The summed E-state index contributed by atoms with van der Waals surface area (Å²) in [5, 5.41) is 6.33. The maximum atomic E-state index is 12.0. The Balaban J connectivity index is 0.00000180. The number of rotatable bonds is 4. The molecule has 20 heavy (non-hydrogen) atoms. The first-order chi connectivity index (χ1) is 8.79. The van der Waals surface area contributed by atoms with Crippen LogP contribution in [0.25, 0.3) is 0 Å². The van der Waals surface area contributed by atoms with Gasteiger partial charge in [0.25, 0.3) is 0 Å².